The van der Waals surface area contributed by atoms with Crippen LogP contribution in [-0.4, -0.2) is 26.0 Å². The minimum Gasteiger partial charge on any atom is -0.463 e. The molecule has 0 aliphatic heterocycles. The zero-order valence-electron chi connectivity index (χ0n) is 16.7. The topological polar surface area (TPSA) is 99.1 Å². The zero-order chi connectivity index (χ0) is 21.1. The summed E-state index contributed by atoms with van der Waals surface area (Å²) in [6.45, 7) is 2.57. The van der Waals surface area contributed by atoms with Gasteiger partial charge in [0.2, 0.25) is 0 Å². The van der Waals surface area contributed by atoms with Crippen LogP contribution >= 0.6 is 0 Å². The first-order valence-corrected chi connectivity index (χ1v) is 10.1. The number of fused-ring (bicyclic) bond motifs is 1. The first-order chi connectivity index (χ1) is 14.6. The van der Waals surface area contributed by atoms with Gasteiger partial charge in [-0.3, -0.25) is 14.2 Å². The third-order valence-corrected chi connectivity index (χ3v) is 5.30. The molecule has 2 heterocycles. The molecule has 1 aliphatic carbocycles. The van der Waals surface area contributed by atoms with Crippen molar-refractivity contribution in [2.45, 2.75) is 58.1 Å². The van der Waals surface area contributed by atoms with E-state index in [1.165, 1.54) is 16.7 Å². The summed E-state index contributed by atoms with van der Waals surface area (Å²) < 4.78 is 26.2. The van der Waals surface area contributed by atoms with Crippen LogP contribution in [0.25, 0.3) is 11.2 Å². The van der Waals surface area contributed by atoms with Crippen LogP contribution in [0.5, 0.6) is 11.8 Å². The molecule has 0 saturated heterocycles. The van der Waals surface area contributed by atoms with Gasteiger partial charge in [-0.15, -0.1) is 0 Å². The predicted octanol–water partition coefficient (Wildman–Crippen LogP) is 3.79. The SMILES string of the molecule is CCCn1c(Oc2ccc(COC=O)cc2F)nc2nc(C3CCCC3)[nH]c2c1=O. The summed E-state index contributed by atoms with van der Waals surface area (Å²) >= 11 is 0. The lowest BCUT2D eigenvalue weighted by molar-refractivity contribution is -0.129. The predicted molar refractivity (Wildman–Crippen MR) is 107 cm³/mol. The lowest BCUT2D eigenvalue weighted by atomic mass is 10.1. The summed E-state index contributed by atoms with van der Waals surface area (Å²) in [5.41, 5.74) is 0.819. The number of aromatic amines is 1. The van der Waals surface area contributed by atoms with Crippen LogP contribution < -0.4 is 10.3 Å². The van der Waals surface area contributed by atoms with Crippen molar-refractivity contribution in [1.29, 1.82) is 0 Å². The van der Waals surface area contributed by atoms with Crippen LogP contribution in [0.15, 0.2) is 23.0 Å². The monoisotopic (exact) mass is 414 g/mol. The summed E-state index contributed by atoms with van der Waals surface area (Å²) in [6.07, 6.45) is 5.06. The molecule has 8 nitrogen and oxygen atoms in total. The molecule has 1 aromatic carbocycles. The Balaban J connectivity index is 1.71. The molecule has 158 valence electrons. The van der Waals surface area contributed by atoms with Crippen LogP contribution in [0.1, 0.15) is 56.3 Å². The number of nitrogens with zero attached hydrogens (tertiary/aromatic N) is 3. The van der Waals surface area contributed by atoms with E-state index in [2.05, 4.69) is 19.7 Å². The maximum atomic E-state index is 14.5. The second-order valence-corrected chi connectivity index (χ2v) is 7.43. The van der Waals surface area contributed by atoms with Crippen molar-refractivity contribution in [3.63, 3.8) is 0 Å². The van der Waals surface area contributed by atoms with Crippen LogP contribution in [0.4, 0.5) is 4.39 Å². The van der Waals surface area contributed by atoms with E-state index in [-0.39, 0.29) is 29.6 Å². The van der Waals surface area contributed by atoms with Crippen molar-refractivity contribution < 1.29 is 18.7 Å². The average Bonchev–Trinajstić information content (AvgIpc) is 3.41. The highest BCUT2D eigenvalue weighted by atomic mass is 19.1. The normalized spacial score (nSPS) is 14.3. The Hall–Kier alpha value is -3.23. The number of carbonyl (C=O) groups excluding carboxylic acids is 1. The second-order valence-electron chi connectivity index (χ2n) is 7.43. The van der Waals surface area contributed by atoms with Crippen molar-refractivity contribution in [2.24, 2.45) is 0 Å². The Kier molecular flexibility index (Phi) is 5.78. The molecule has 4 rings (SSSR count). The summed E-state index contributed by atoms with van der Waals surface area (Å²) in [4.78, 5) is 35.4. The van der Waals surface area contributed by atoms with E-state index in [0.29, 0.717) is 36.4 Å². The van der Waals surface area contributed by atoms with Crippen molar-refractivity contribution in [3.05, 3.63) is 45.8 Å². The van der Waals surface area contributed by atoms with E-state index in [1.807, 2.05) is 6.92 Å². The number of hydrogen-bond donors (Lipinski definition) is 1. The third kappa shape index (κ3) is 3.92. The number of halogens is 1. The minimum atomic E-state index is -0.645. The quantitative estimate of drug-likeness (QED) is 0.563. The maximum absolute atomic E-state index is 14.5. The highest BCUT2D eigenvalue weighted by Crippen LogP contribution is 2.33. The number of ether oxygens (including phenoxy) is 2. The van der Waals surface area contributed by atoms with Gasteiger partial charge in [0.15, 0.2) is 22.7 Å². The van der Waals surface area contributed by atoms with Gasteiger partial charge in [-0.25, -0.2) is 9.37 Å². The van der Waals surface area contributed by atoms with Gasteiger partial charge < -0.3 is 14.5 Å². The number of nitrogens with one attached hydrogen (secondary N) is 1. The first kappa shape index (κ1) is 20.1. The lowest BCUT2D eigenvalue weighted by Gasteiger charge is -2.12. The molecule has 2 aromatic heterocycles. The maximum Gasteiger partial charge on any atom is 0.307 e. The van der Waals surface area contributed by atoms with Gasteiger partial charge in [0, 0.05) is 12.5 Å². The molecule has 1 fully saturated rings. The van der Waals surface area contributed by atoms with Crippen LogP contribution in [0.3, 0.4) is 0 Å². The highest BCUT2D eigenvalue weighted by Gasteiger charge is 2.23. The van der Waals surface area contributed by atoms with E-state index in [4.69, 9.17) is 4.74 Å². The van der Waals surface area contributed by atoms with Gasteiger partial charge in [0.05, 0.1) is 0 Å². The van der Waals surface area contributed by atoms with E-state index >= 15 is 0 Å². The number of rotatable bonds is 8. The number of H-pyrrole nitrogens is 1. The molecule has 30 heavy (non-hydrogen) atoms. The smallest absolute Gasteiger partial charge is 0.307 e. The van der Waals surface area contributed by atoms with Crippen LogP contribution in [0, 0.1) is 5.82 Å². The molecule has 0 unspecified atom stereocenters. The van der Waals surface area contributed by atoms with Gasteiger partial charge in [0.25, 0.3) is 12.0 Å². The Labute approximate surface area is 172 Å². The molecule has 0 spiro atoms. The molecular formula is C21H23FN4O4. The van der Waals surface area contributed by atoms with Gasteiger partial charge in [-0.2, -0.15) is 4.98 Å². The standard InChI is InChI=1S/C21H23FN4O4/c1-2-9-26-20(28)17-19(24-18(23-17)14-5-3-4-6-14)25-21(26)30-16-8-7-13(10-15(16)22)11-29-12-27/h7-8,10,12,14H,2-6,9,11H2,1H3,(H,23,24). The van der Waals surface area contributed by atoms with Crippen LogP contribution in [-0.2, 0) is 22.7 Å². The molecule has 0 amide bonds. The zero-order valence-corrected chi connectivity index (χ0v) is 16.7. The number of imidazole rings is 1. The first-order valence-electron chi connectivity index (χ1n) is 10.1. The van der Waals surface area contributed by atoms with Gasteiger partial charge in [-0.05, 0) is 37.0 Å². The van der Waals surface area contributed by atoms with Crippen molar-refractivity contribution in [2.75, 3.05) is 0 Å². The van der Waals surface area contributed by atoms with Crippen LogP contribution in [0.2, 0.25) is 0 Å². The number of benzene rings is 1. The molecule has 1 aliphatic rings. The van der Waals surface area contributed by atoms with E-state index < -0.39 is 5.82 Å². The summed E-state index contributed by atoms with van der Waals surface area (Å²) in [5.74, 6) is 0.361. The second kappa shape index (κ2) is 8.64. The number of hydrogen-bond acceptors (Lipinski definition) is 6. The summed E-state index contributed by atoms with van der Waals surface area (Å²) in [5, 5.41) is 0. The summed E-state index contributed by atoms with van der Waals surface area (Å²) in [6, 6.07) is 4.21. The number of aromatic nitrogens is 4. The molecule has 1 N–H and O–H groups in total. The van der Waals surface area contributed by atoms with Gasteiger partial charge in [0.1, 0.15) is 12.4 Å². The third-order valence-electron chi connectivity index (χ3n) is 5.30. The molecule has 0 radical (unpaired) electrons. The highest BCUT2D eigenvalue weighted by molar-refractivity contribution is 5.70. The van der Waals surface area contributed by atoms with Crippen molar-refractivity contribution in [3.8, 4) is 11.8 Å². The largest absolute Gasteiger partial charge is 0.463 e. The van der Waals surface area contributed by atoms with Gasteiger partial charge >= 0.3 is 6.01 Å². The van der Waals surface area contributed by atoms with E-state index in [0.717, 1.165) is 31.5 Å². The van der Waals surface area contributed by atoms with Crippen molar-refractivity contribution >= 4 is 17.6 Å². The fourth-order valence-electron chi connectivity index (χ4n) is 3.82. The average molecular weight is 414 g/mol. The molecule has 0 bridgehead atoms. The molecule has 1 saturated carbocycles. The summed E-state index contributed by atoms with van der Waals surface area (Å²) in [7, 11) is 0. The van der Waals surface area contributed by atoms with E-state index in [9.17, 15) is 14.0 Å². The minimum absolute atomic E-state index is 0.00499. The molecule has 9 heteroatoms. The Morgan fingerprint density at radius 2 is 2.10 bits per heavy atom. The molecule has 3 aromatic rings. The lowest BCUT2D eigenvalue weighted by Crippen LogP contribution is -2.23. The molecular weight excluding hydrogens is 391 g/mol. The fourth-order valence-corrected chi connectivity index (χ4v) is 3.82. The Morgan fingerprint density at radius 3 is 2.80 bits per heavy atom. The number of carbonyl (C=O) groups is 1. The fraction of sp³-hybridized carbons (Fsp3) is 0.429. The van der Waals surface area contributed by atoms with E-state index in [1.54, 1.807) is 6.07 Å². The Morgan fingerprint density at radius 1 is 1.30 bits per heavy atom. The molecule has 0 atom stereocenters. The van der Waals surface area contributed by atoms with Gasteiger partial charge in [-0.1, -0.05) is 25.8 Å². The Bertz CT molecular complexity index is 1120. The van der Waals surface area contributed by atoms with Crippen molar-refractivity contribution in [1.82, 2.24) is 19.5 Å².